The second kappa shape index (κ2) is 7.35. The van der Waals surface area contributed by atoms with E-state index in [0.29, 0.717) is 27.7 Å². The first kappa shape index (κ1) is 16.4. The summed E-state index contributed by atoms with van der Waals surface area (Å²) in [5.74, 6) is 0.0246. The molecule has 8 heteroatoms. The largest absolute Gasteiger partial charge is 0.394 e. The zero-order chi connectivity index (χ0) is 16.1. The number of nitrogens with one attached hydrogen (secondary N) is 2. The Hall–Kier alpha value is -1.96. The molecule has 116 valence electrons. The molecule has 1 amide bonds. The minimum atomic E-state index is -0.711. The Morgan fingerprint density at radius 2 is 2.32 bits per heavy atom. The lowest BCUT2D eigenvalue weighted by molar-refractivity contribution is 0.0912. The highest BCUT2D eigenvalue weighted by molar-refractivity contribution is 7.71. The number of amides is 1. The average Bonchev–Trinajstić information content (AvgIpc) is 2.87. The topological polar surface area (TPSA) is 82.9 Å². The van der Waals surface area contributed by atoms with Crippen LogP contribution < -0.4 is 5.32 Å². The van der Waals surface area contributed by atoms with Crippen LogP contribution in [0.3, 0.4) is 0 Å². The van der Waals surface area contributed by atoms with Gasteiger partial charge < -0.3 is 10.4 Å². The van der Waals surface area contributed by atoms with Gasteiger partial charge in [0.1, 0.15) is 6.04 Å². The summed E-state index contributed by atoms with van der Waals surface area (Å²) in [7, 11) is 0. The van der Waals surface area contributed by atoms with Gasteiger partial charge in [0.05, 0.1) is 17.2 Å². The van der Waals surface area contributed by atoms with Crippen LogP contribution in [0.1, 0.15) is 22.2 Å². The minimum Gasteiger partial charge on any atom is -0.394 e. The molecule has 0 radical (unpaired) electrons. The van der Waals surface area contributed by atoms with E-state index >= 15 is 0 Å². The van der Waals surface area contributed by atoms with Gasteiger partial charge in [-0.2, -0.15) is 5.10 Å². The van der Waals surface area contributed by atoms with E-state index in [1.807, 2.05) is 0 Å². The fraction of sp³-hybridized carbons (Fsp3) is 0.214. The lowest BCUT2D eigenvalue weighted by Gasteiger charge is -2.16. The van der Waals surface area contributed by atoms with Crippen LogP contribution in [-0.2, 0) is 6.54 Å². The summed E-state index contributed by atoms with van der Waals surface area (Å²) in [4.78, 5) is 12.3. The molecular formula is C14H15ClN4O2S. The Morgan fingerprint density at radius 1 is 1.59 bits per heavy atom. The number of nitrogens with zero attached hydrogens (tertiary/aromatic N) is 2. The number of hydrogen-bond acceptors (Lipinski definition) is 4. The summed E-state index contributed by atoms with van der Waals surface area (Å²) >= 11 is 11.1. The summed E-state index contributed by atoms with van der Waals surface area (Å²) in [6, 6.07) is 5.96. The van der Waals surface area contributed by atoms with Crippen LogP contribution in [0, 0.1) is 4.77 Å². The number of aliphatic hydroxyl groups is 1. The first-order valence-corrected chi connectivity index (χ1v) is 7.29. The summed E-state index contributed by atoms with van der Waals surface area (Å²) < 4.78 is 2.04. The quantitative estimate of drug-likeness (QED) is 0.557. The third-order valence-corrected chi connectivity index (χ3v) is 3.66. The van der Waals surface area contributed by atoms with E-state index in [-0.39, 0.29) is 6.61 Å². The predicted molar refractivity (Wildman–Crippen MR) is 86.4 cm³/mol. The van der Waals surface area contributed by atoms with E-state index < -0.39 is 11.9 Å². The first-order chi connectivity index (χ1) is 10.6. The Balaban J connectivity index is 2.27. The molecule has 0 saturated carbocycles. The fourth-order valence-electron chi connectivity index (χ4n) is 1.97. The van der Waals surface area contributed by atoms with Gasteiger partial charge in [-0.1, -0.05) is 29.8 Å². The molecule has 1 aromatic carbocycles. The second-order valence-corrected chi connectivity index (χ2v) is 5.27. The molecule has 0 aliphatic carbocycles. The number of rotatable bonds is 6. The first-order valence-electron chi connectivity index (χ1n) is 6.50. The third kappa shape index (κ3) is 3.44. The number of allylic oxidation sites excluding steroid dienone is 1. The van der Waals surface area contributed by atoms with E-state index in [1.54, 1.807) is 34.9 Å². The van der Waals surface area contributed by atoms with Crippen molar-refractivity contribution in [1.29, 1.82) is 0 Å². The Kier molecular flexibility index (Phi) is 5.48. The van der Waals surface area contributed by atoms with Crippen molar-refractivity contribution in [1.82, 2.24) is 20.1 Å². The molecule has 1 heterocycles. The number of H-pyrrole nitrogens is 1. The zero-order valence-electron chi connectivity index (χ0n) is 11.6. The molecule has 1 atom stereocenters. The monoisotopic (exact) mass is 338 g/mol. The predicted octanol–water partition coefficient (Wildman–Crippen LogP) is 2.24. The number of carbonyl (C=O) groups is 1. The molecule has 0 aliphatic rings. The van der Waals surface area contributed by atoms with Crippen molar-refractivity contribution in [3.05, 3.63) is 58.1 Å². The second-order valence-electron chi connectivity index (χ2n) is 4.47. The minimum absolute atomic E-state index is 0.326. The van der Waals surface area contributed by atoms with Crippen molar-refractivity contribution < 1.29 is 9.90 Å². The van der Waals surface area contributed by atoms with E-state index in [2.05, 4.69) is 22.1 Å². The SMILES string of the molecule is C=CCn1c([C@H](CO)NC(=O)c2ccccc2Cl)n[nH]c1=S. The highest BCUT2D eigenvalue weighted by atomic mass is 35.5. The van der Waals surface area contributed by atoms with E-state index in [4.69, 9.17) is 23.8 Å². The van der Waals surface area contributed by atoms with Crippen molar-refractivity contribution >= 4 is 29.7 Å². The van der Waals surface area contributed by atoms with Crippen molar-refractivity contribution in [3.8, 4) is 0 Å². The highest BCUT2D eigenvalue weighted by Crippen LogP contribution is 2.17. The third-order valence-electron chi connectivity index (χ3n) is 3.02. The molecule has 0 bridgehead atoms. The average molecular weight is 339 g/mol. The van der Waals surface area contributed by atoms with Gasteiger partial charge in [0.25, 0.3) is 5.91 Å². The van der Waals surface area contributed by atoms with Crippen molar-refractivity contribution in [2.75, 3.05) is 6.61 Å². The van der Waals surface area contributed by atoms with Crippen LogP contribution >= 0.6 is 23.8 Å². The molecule has 0 unspecified atom stereocenters. The molecule has 22 heavy (non-hydrogen) atoms. The summed E-state index contributed by atoms with van der Waals surface area (Å²) in [5.41, 5.74) is 0.326. The van der Waals surface area contributed by atoms with Gasteiger partial charge in [0.15, 0.2) is 10.6 Å². The summed E-state index contributed by atoms with van der Waals surface area (Å²) in [6.45, 7) is 3.74. The van der Waals surface area contributed by atoms with Crippen LogP contribution in [0.5, 0.6) is 0 Å². The maximum absolute atomic E-state index is 12.3. The van der Waals surface area contributed by atoms with Gasteiger partial charge in [0, 0.05) is 6.54 Å². The smallest absolute Gasteiger partial charge is 0.253 e. The molecule has 2 aromatic rings. The van der Waals surface area contributed by atoms with Crippen LogP contribution in [0.25, 0.3) is 0 Å². The van der Waals surface area contributed by atoms with Crippen LogP contribution in [-0.4, -0.2) is 32.4 Å². The lowest BCUT2D eigenvalue weighted by Crippen LogP contribution is -2.33. The Morgan fingerprint density at radius 3 is 2.95 bits per heavy atom. The normalized spacial score (nSPS) is 11.9. The van der Waals surface area contributed by atoms with Crippen LogP contribution in [0.15, 0.2) is 36.9 Å². The van der Waals surface area contributed by atoms with Gasteiger partial charge in [-0.25, -0.2) is 0 Å². The number of aliphatic hydroxyl groups excluding tert-OH is 1. The van der Waals surface area contributed by atoms with Gasteiger partial charge in [-0.05, 0) is 24.4 Å². The van der Waals surface area contributed by atoms with Crippen molar-refractivity contribution in [3.63, 3.8) is 0 Å². The van der Waals surface area contributed by atoms with Gasteiger partial charge in [-0.3, -0.25) is 14.5 Å². The number of benzene rings is 1. The molecule has 0 saturated heterocycles. The molecular weight excluding hydrogens is 324 g/mol. The van der Waals surface area contributed by atoms with Crippen molar-refractivity contribution in [2.24, 2.45) is 0 Å². The maximum atomic E-state index is 12.3. The van der Waals surface area contributed by atoms with E-state index in [9.17, 15) is 9.90 Å². The zero-order valence-corrected chi connectivity index (χ0v) is 13.2. The Labute approximate surface area is 137 Å². The van der Waals surface area contributed by atoms with Gasteiger partial charge in [0.2, 0.25) is 0 Å². The number of halogens is 1. The standard InChI is InChI=1S/C14H15ClN4O2S/c1-2-7-19-12(17-18-14(19)22)11(8-20)16-13(21)9-5-3-4-6-10(9)15/h2-6,11,20H,1,7-8H2,(H,16,21)(H,18,22)/t11-/m0/s1. The van der Waals surface area contributed by atoms with E-state index in [1.165, 1.54) is 0 Å². The molecule has 6 nitrogen and oxygen atoms in total. The maximum Gasteiger partial charge on any atom is 0.253 e. The molecule has 2 rings (SSSR count). The Bertz CT molecular complexity index is 740. The molecule has 3 N–H and O–H groups in total. The molecule has 0 fully saturated rings. The van der Waals surface area contributed by atoms with Crippen LogP contribution in [0.2, 0.25) is 5.02 Å². The van der Waals surface area contributed by atoms with Crippen molar-refractivity contribution in [2.45, 2.75) is 12.6 Å². The van der Waals surface area contributed by atoms with Gasteiger partial charge in [-0.15, -0.1) is 6.58 Å². The van der Waals surface area contributed by atoms with Crippen LogP contribution in [0.4, 0.5) is 0 Å². The summed E-state index contributed by atoms with van der Waals surface area (Å²) in [5, 5.41) is 19.3. The molecule has 1 aromatic heterocycles. The molecule has 0 spiro atoms. The summed E-state index contributed by atoms with van der Waals surface area (Å²) in [6.07, 6.45) is 1.65. The molecule has 0 aliphatic heterocycles. The lowest BCUT2D eigenvalue weighted by atomic mass is 10.2. The number of carbonyl (C=O) groups excluding carboxylic acids is 1. The number of hydrogen-bond donors (Lipinski definition) is 3. The number of aromatic nitrogens is 3. The van der Waals surface area contributed by atoms with Gasteiger partial charge >= 0.3 is 0 Å². The highest BCUT2D eigenvalue weighted by Gasteiger charge is 2.21. The number of aromatic amines is 1. The fourth-order valence-corrected chi connectivity index (χ4v) is 2.41. The van der Waals surface area contributed by atoms with E-state index in [0.717, 1.165) is 0 Å².